The van der Waals surface area contributed by atoms with Crippen LogP contribution in [0.5, 0.6) is 0 Å². The molecule has 0 unspecified atom stereocenters. The summed E-state index contributed by atoms with van der Waals surface area (Å²) in [6, 6.07) is 8.39. The fraction of sp³-hybridized carbons (Fsp3) is 0.0833. The molecule has 1 aromatic heterocycles. The van der Waals surface area contributed by atoms with Crippen LogP contribution >= 0.6 is 31.9 Å². The summed E-state index contributed by atoms with van der Waals surface area (Å²) in [7, 11) is 0. The van der Waals surface area contributed by atoms with Crippen LogP contribution in [0.15, 0.2) is 39.3 Å². The van der Waals surface area contributed by atoms with E-state index in [9.17, 15) is 4.39 Å². The predicted octanol–water partition coefficient (Wildman–Crippen LogP) is 4.80. The van der Waals surface area contributed by atoms with Gasteiger partial charge in [-0.2, -0.15) is 0 Å². The Labute approximate surface area is 116 Å². The van der Waals surface area contributed by atoms with Crippen molar-refractivity contribution in [2.24, 2.45) is 0 Å². The molecule has 88 valence electrons. The maximum Gasteiger partial charge on any atom is 0.146 e. The van der Waals surface area contributed by atoms with Crippen LogP contribution in [0.25, 0.3) is 0 Å². The molecule has 0 amide bonds. The van der Waals surface area contributed by atoms with Gasteiger partial charge in [-0.15, -0.1) is 0 Å². The number of pyridine rings is 1. The second-order valence-corrected chi connectivity index (χ2v) is 5.28. The average molecular weight is 360 g/mol. The van der Waals surface area contributed by atoms with E-state index in [4.69, 9.17) is 0 Å². The van der Waals surface area contributed by atoms with Gasteiger partial charge in [0.1, 0.15) is 11.6 Å². The summed E-state index contributed by atoms with van der Waals surface area (Å²) in [6.45, 7) is 1.88. The van der Waals surface area contributed by atoms with Gasteiger partial charge >= 0.3 is 0 Å². The number of anilines is 2. The largest absolute Gasteiger partial charge is 0.338 e. The first kappa shape index (κ1) is 12.5. The van der Waals surface area contributed by atoms with E-state index in [2.05, 4.69) is 42.2 Å². The van der Waals surface area contributed by atoms with Crippen molar-refractivity contribution in [3.05, 3.63) is 50.8 Å². The highest BCUT2D eigenvalue weighted by Gasteiger charge is 2.05. The van der Waals surface area contributed by atoms with Gasteiger partial charge in [-0.3, -0.25) is 0 Å². The fourth-order valence-electron chi connectivity index (χ4n) is 1.34. The zero-order valence-electron chi connectivity index (χ0n) is 8.97. The highest BCUT2D eigenvalue weighted by Crippen LogP contribution is 2.24. The molecule has 17 heavy (non-hydrogen) atoms. The number of halogens is 3. The van der Waals surface area contributed by atoms with Gasteiger partial charge in [-0.05, 0) is 53.2 Å². The van der Waals surface area contributed by atoms with Crippen LogP contribution in [0, 0.1) is 12.7 Å². The van der Waals surface area contributed by atoms with Crippen LogP contribution in [0.4, 0.5) is 15.9 Å². The monoisotopic (exact) mass is 358 g/mol. The number of aromatic nitrogens is 1. The number of nitrogens with zero attached hydrogens (tertiary/aromatic N) is 1. The first-order valence-corrected chi connectivity index (χ1v) is 6.50. The highest BCUT2D eigenvalue weighted by atomic mass is 79.9. The summed E-state index contributed by atoms with van der Waals surface area (Å²) in [5.74, 6) is 0.304. The van der Waals surface area contributed by atoms with Crippen molar-refractivity contribution in [3.63, 3.8) is 0 Å². The molecule has 0 aliphatic rings. The number of rotatable bonds is 2. The summed E-state index contributed by atoms with van der Waals surface area (Å²) < 4.78 is 15.3. The van der Waals surface area contributed by atoms with Crippen molar-refractivity contribution >= 4 is 43.4 Å². The number of benzene rings is 1. The van der Waals surface area contributed by atoms with Crippen molar-refractivity contribution in [2.45, 2.75) is 6.92 Å². The van der Waals surface area contributed by atoms with Gasteiger partial charge in [-0.1, -0.05) is 15.9 Å². The fourth-order valence-corrected chi connectivity index (χ4v) is 1.93. The minimum absolute atomic E-state index is 0.310. The van der Waals surface area contributed by atoms with E-state index in [-0.39, 0.29) is 5.82 Å². The van der Waals surface area contributed by atoms with E-state index < -0.39 is 0 Å². The van der Waals surface area contributed by atoms with Gasteiger partial charge in [0.05, 0.1) is 11.4 Å². The van der Waals surface area contributed by atoms with Crippen LogP contribution in [0.1, 0.15) is 5.69 Å². The van der Waals surface area contributed by atoms with Crippen LogP contribution in [-0.2, 0) is 0 Å². The Hall–Kier alpha value is -0.940. The lowest BCUT2D eigenvalue weighted by Crippen LogP contribution is -1.97. The SMILES string of the molecule is Cc1nc(Nc2cc(Br)ccc2F)ccc1Br. The van der Waals surface area contributed by atoms with Crippen LogP contribution in [-0.4, -0.2) is 4.98 Å². The molecule has 0 radical (unpaired) electrons. The molecule has 1 heterocycles. The average Bonchev–Trinajstić information content (AvgIpc) is 2.29. The van der Waals surface area contributed by atoms with Gasteiger partial charge < -0.3 is 5.32 Å². The Bertz CT molecular complexity index is 558. The molecule has 5 heteroatoms. The topological polar surface area (TPSA) is 24.9 Å². The molecule has 1 N–H and O–H groups in total. The Balaban J connectivity index is 2.31. The molecule has 0 fully saturated rings. The Kier molecular flexibility index (Phi) is 3.79. The van der Waals surface area contributed by atoms with Gasteiger partial charge in [0, 0.05) is 8.95 Å². The Morgan fingerprint density at radius 1 is 1.18 bits per heavy atom. The van der Waals surface area contributed by atoms with Crippen molar-refractivity contribution in [1.29, 1.82) is 0 Å². The van der Waals surface area contributed by atoms with Crippen LogP contribution in [0.3, 0.4) is 0 Å². The zero-order valence-corrected chi connectivity index (χ0v) is 12.1. The second-order valence-electron chi connectivity index (χ2n) is 3.51. The standard InChI is InChI=1S/C12H9Br2FN2/c1-7-9(14)3-5-12(16-7)17-11-6-8(13)2-4-10(11)15/h2-6H,1H3,(H,16,17). The number of nitrogens with one attached hydrogen (secondary N) is 1. The molecular formula is C12H9Br2FN2. The maximum atomic E-state index is 13.5. The normalized spacial score (nSPS) is 10.4. The van der Waals surface area contributed by atoms with Gasteiger partial charge in [0.15, 0.2) is 0 Å². The maximum absolute atomic E-state index is 13.5. The van der Waals surface area contributed by atoms with Gasteiger partial charge in [-0.25, -0.2) is 9.37 Å². The van der Waals surface area contributed by atoms with Gasteiger partial charge in [0.25, 0.3) is 0 Å². The summed E-state index contributed by atoms with van der Waals surface area (Å²) in [5, 5.41) is 2.94. The third kappa shape index (κ3) is 3.04. The molecule has 1 aromatic carbocycles. The van der Waals surface area contributed by atoms with Crippen molar-refractivity contribution in [3.8, 4) is 0 Å². The van der Waals surface area contributed by atoms with E-state index in [1.807, 2.05) is 13.0 Å². The molecule has 2 rings (SSSR count). The van der Waals surface area contributed by atoms with Crippen molar-refractivity contribution in [1.82, 2.24) is 4.98 Å². The zero-order chi connectivity index (χ0) is 12.4. The minimum atomic E-state index is -0.310. The highest BCUT2D eigenvalue weighted by molar-refractivity contribution is 9.10. The Morgan fingerprint density at radius 3 is 2.65 bits per heavy atom. The summed E-state index contributed by atoms with van der Waals surface area (Å²) in [4.78, 5) is 4.30. The smallest absolute Gasteiger partial charge is 0.146 e. The molecule has 0 bridgehead atoms. The van der Waals surface area contributed by atoms with Crippen molar-refractivity contribution in [2.75, 3.05) is 5.32 Å². The third-order valence-corrected chi connectivity index (χ3v) is 3.54. The molecular weight excluding hydrogens is 351 g/mol. The van der Waals surface area contributed by atoms with E-state index in [1.165, 1.54) is 6.07 Å². The molecule has 0 aliphatic heterocycles. The Morgan fingerprint density at radius 2 is 1.94 bits per heavy atom. The van der Waals surface area contributed by atoms with Crippen LogP contribution < -0.4 is 5.32 Å². The first-order chi connectivity index (χ1) is 8.06. The van der Waals surface area contributed by atoms with E-state index in [1.54, 1.807) is 18.2 Å². The summed E-state index contributed by atoms with van der Waals surface area (Å²) >= 11 is 6.67. The first-order valence-electron chi connectivity index (χ1n) is 4.91. The molecule has 2 aromatic rings. The number of aryl methyl sites for hydroxylation is 1. The summed E-state index contributed by atoms with van der Waals surface area (Å²) in [6.07, 6.45) is 0. The number of hydrogen-bond acceptors (Lipinski definition) is 2. The third-order valence-electron chi connectivity index (χ3n) is 2.21. The van der Waals surface area contributed by atoms with Crippen molar-refractivity contribution < 1.29 is 4.39 Å². The van der Waals surface area contributed by atoms with Crippen LogP contribution in [0.2, 0.25) is 0 Å². The van der Waals surface area contributed by atoms with E-state index >= 15 is 0 Å². The molecule has 0 saturated carbocycles. The lowest BCUT2D eigenvalue weighted by Gasteiger charge is -2.08. The molecule has 2 nitrogen and oxygen atoms in total. The van der Waals surface area contributed by atoms with E-state index in [0.29, 0.717) is 11.5 Å². The van der Waals surface area contributed by atoms with E-state index in [0.717, 1.165) is 14.6 Å². The minimum Gasteiger partial charge on any atom is -0.338 e. The quantitative estimate of drug-likeness (QED) is 0.833. The molecule has 0 atom stereocenters. The molecule has 0 aliphatic carbocycles. The lowest BCUT2D eigenvalue weighted by molar-refractivity contribution is 0.631. The second kappa shape index (κ2) is 5.14. The predicted molar refractivity (Wildman–Crippen MR) is 74.1 cm³/mol. The molecule has 0 saturated heterocycles. The number of hydrogen-bond donors (Lipinski definition) is 1. The lowest BCUT2D eigenvalue weighted by atomic mass is 10.3. The van der Waals surface area contributed by atoms with Gasteiger partial charge in [0.2, 0.25) is 0 Å². The summed E-state index contributed by atoms with van der Waals surface area (Å²) in [5.41, 5.74) is 1.25. The molecule has 0 spiro atoms.